The summed E-state index contributed by atoms with van der Waals surface area (Å²) in [5.74, 6) is 1.32. The largest absolute Gasteiger partial charge is 0.491 e. The van der Waals surface area contributed by atoms with E-state index in [1.54, 1.807) is 0 Å². The van der Waals surface area contributed by atoms with Crippen molar-refractivity contribution in [2.75, 3.05) is 13.2 Å². The van der Waals surface area contributed by atoms with Crippen molar-refractivity contribution in [1.29, 1.82) is 0 Å². The molecule has 4 heteroatoms. The van der Waals surface area contributed by atoms with Gasteiger partial charge in [-0.2, -0.15) is 0 Å². The van der Waals surface area contributed by atoms with E-state index in [1.807, 2.05) is 74.5 Å². The highest BCUT2D eigenvalue weighted by molar-refractivity contribution is 6.19. The normalized spacial score (nSPS) is 15.3. The number of aryl methyl sites for hydroxylation is 2. The maximum Gasteiger partial charge on any atom is 0.197 e. The van der Waals surface area contributed by atoms with Gasteiger partial charge in [0.2, 0.25) is 0 Å². The van der Waals surface area contributed by atoms with Crippen molar-refractivity contribution in [2.45, 2.75) is 20.0 Å². The van der Waals surface area contributed by atoms with E-state index in [2.05, 4.69) is 6.07 Å². The molecule has 1 atom stereocenters. The number of hydrogen-bond donors (Lipinski definition) is 0. The summed E-state index contributed by atoms with van der Waals surface area (Å²) in [7, 11) is 0. The van der Waals surface area contributed by atoms with Gasteiger partial charge in [-0.05, 0) is 56.3 Å². The number of fused-ring (bicyclic) bond motifs is 1. The topological polar surface area (TPSA) is 52.0 Å². The van der Waals surface area contributed by atoms with E-state index >= 15 is 0 Å². The molecule has 0 spiro atoms. The standard InChI is InChI=1S/C26H22O4/c1-16-11-17(2)13-19(12-16)25(27)24-22-5-3-4-6-23(22)30-26(24)18-7-9-20(10-8-18)28-14-21-15-29-21/h3-13,21H,14-15H2,1-2H3. The minimum absolute atomic E-state index is 0.0343. The van der Waals surface area contributed by atoms with Crippen LogP contribution in [0.4, 0.5) is 0 Å². The van der Waals surface area contributed by atoms with Crippen molar-refractivity contribution in [3.63, 3.8) is 0 Å². The van der Waals surface area contributed by atoms with Crippen LogP contribution < -0.4 is 4.74 Å². The number of ether oxygens (including phenoxy) is 2. The fourth-order valence-electron chi connectivity index (χ4n) is 3.78. The molecule has 0 saturated carbocycles. The Hall–Kier alpha value is -3.37. The zero-order valence-electron chi connectivity index (χ0n) is 17.0. The molecule has 4 aromatic rings. The summed E-state index contributed by atoms with van der Waals surface area (Å²) in [6.07, 6.45) is 0.210. The molecule has 3 aromatic carbocycles. The van der Waals surface area contributed by atoms with Crippen molar-refractivity contribution in [1.82, 2.24) is 0 Å². The van der Waals surface area contributed by atoms with Gasteiger partial charge in [0.25, 0.3) is 0 Å². The van der Waals surface area contributed by atoms with E-state index in [0.717, 1.165) is 34.4 Å². The highest BCUT2D eigenvalue weighted by Crippen LogP contribution is 2.36. The summed E-state index contributed by atoms with van der Waals surface area (Å²) in [4.78, 5) is 13.6. The van der Waals surface area contributed by atoms with E-state index < -0.39 is 0 Å². The molecule has 1 unspecified atom stereocenters. The van der Waals surface area contributed by atoms with Crippen LogP contribution >= 0.6 is 0 Å². The Labute approximate surface area is 175 Å². The first kappa shape index (κ1) is 18.6. The Morgan fingerprint density at radius 2 is 1.70 bits per heavy atom. The van der Waals surface area contributed by atoms with E-state index in [4.69, 9.17) is 13.9 Å². The number of carbonyl (C=O) groups is 1. The van der Waals surface area contributed by atoms with Gasteiger partial charge in [-0.3, -0.25) is 4.79 Å². The second kappa shape index (κ2) is 7.47. The van der Waals surface area contributed by atoms with E-state index in [9.17, 15) is 4.79 Å². The first-order chi connectivity index (χ1) is 14.6. The smallest absolute Gasteiger partial charge is 0.197 e. The minimum atomic E-state index is -0.0343. The second-order valence-corrected chi connectivity index (χ2v) is 7.80. The van der Waals surface area contributed by atoms with Gasteiger partial charge >= 0.3 is 0 Å². The van der Waals surface area contributed by atoms with Gasteiger partial charge in [-0.1, -0.05) is 35.4 Å². The number of para-hydroxylation sites is 1. The molecule has 0 amide bonds. The summed E-state index contributed by atoms with van der Waals surface area (Å²) in [5.41, 5.74) is 4.93. The van der Waals surface area contributed by atoms with Crippen LogP contribution in [0.3, 0.4) is 0 Å². The Morgan fingerprint density at radius 3 is 2.40 bits per heavy atom. The molecule has 1 aromatic heterocycles. The average molecular weight is 398 g/mol. The molecular formula is C26H22O4. The molecule has 2 heterocycles. The Balaban J connectivity index is 1.57. The molecule has 4 nitrogen and oxygen atoms in total. The summed E-state index contributed by atoms with van der Waals surface area (Å²) in [6.45, 7) is 5.33. The van der Waals surface area contributed by atoms with Gasteiger partial charge in [0.05, 0.1) is 12.2 Å². The number of epoxide rings is 1. The quantitative estimate of drug-likeness (QED) is 0.308. The maximum atomic E-state index is 13.6. The summed E-state index contributed by atoms with van der Waals surface area (Å²) in [6, 6.07) is 21.3. The predicted molar refractivity (Wildman–Crippen MR) is 116 cm³/mol. The molecule has 30 heavy (non-hydrogen) atoms. The van der Waals surface area contributed by atoms with Crippen LogP contribution in [0, 0.1) is 13.8 Å². The van der Waals surface area contributed by atoms with Gasteiger partial charge in [0.1, 0.15) is 29.8 Å². The zero-order chi connectivity index (χ0) is 20.7. The van der Waals surface area contributed by atoms with Crippen molar-refractivity contribution in [3.05, 3.63) is 89.0 Å². The monoisotopic (exact) mass is 398 g/mol. The fourth-order valence-corrected chi connectivity index (χ4v) is 3.78. The van der Waals surface area contributed by atoms with Crippen molar-refractivity contribution >= 4 is 16.8 Å². The molecule has 1 aliphatic heterocycles. The van der Waals surface area contributed by atoms with Crippen LogP contribution in [0.15, 0.2) is 71.1 Å². The minimum Gasteiger partial charge on any atom is -0.491 e. The van der Waals surface area contributed by atoms with Crippen LogP contribution in [0.25, 0.3) is 22.3 Å². The van der Waals surface area contributed by atoms with E-state index in [0.29, 0.717) is 29.1 Å². The molecule has 1 aliphatic rings. The van der Waals surface area contributed by atoms with E-state index in [1.165, 1.54) is 0 Å². The number of hydrogen-bond acceptors (Lipinski definition) is 4. The molecule has 0 radical (unpaired) electrons. The lowest BCUT2D eigenvalue weighted by molar-refractivity contribution is 0.104. The number of ketones is 1. The Morgan fingerprint density at radius 1 is 1.00 bits per heavy atom. The molecule has 1 saturated heterocycles. The van der Waals surface area contributed by atoms with Crippen molar-refractivity contribution < 1.29 is 18.7 Å². The summed E-state index contributed by atoms with van der Waals surface area (Å²) in [5, 5.41) is 0.822. The van der Waals surface area contributed by atoms with Gasteiger partial charge in [-0.15, -0.1) is 0 Å². The predicted octanol–water partition coefficient (Wildman–Crippen LogP) is 5.73. The first-order valence-corrected chi connectivity index (χ1v) is 10.1. The first-order valence-electron chi connectivity index (χ1n) is 10.1. The van der Waals surface area contributed by atoms with Crippen LogP contribution in [0.2, 0.25) is 0 Å². The highest BCUT2D eigenvalue weighted by atomic mass is 16.6. The number of benzene rings is 3. The van der Waals surface area contributed by atoms with Crippen LogP contribution in [-0.4, -0.2) is 25.1 Å². The average Bonchev–Trinajstić information content (AvgIpc) is 3.49. The summed E-state index contributed by atoms with van der Waals surface area (Å²) >= 11 is 0. The van der Waals surface area contributed by atoms with Crippen molar-refractivity contribution in [2.24, 2.45) is 0 Å². The molecule has 1 fully saturated rings. The number of furan rings is 1. The number of rotatable bonds is 6. The maximum absolute atomic E-state index is 13.6. The highest BCUT2D eigenvalue weighted by Gasteiger charge is 2.24. The van der Waals surface area contributed by atoms with Gasteiger partial charge in [0.15, 0.2) is 5.78 Å². The lowest BCUT2D eigenvalue weighted by Crippen LogP contribution is -2.04. The lowest BCUT2D eigenvalue weighted by Gasteiger charge is -2.07. The number of carbonyl (C=O) groups excluding carboxylic acids is 1. The fraction of sp³-hybridized carbons (Fsp3) is 0.192. The zero-order valence-corrected chi connectivity index (χ0v) is 17.0. The molecule has 150 valence electrons. The lowest BCUT2D eigenvalue weighted by atomic mass is 9.95. The third kappa shape index (κ3) is 3.62. The molecular weight excluding hydrogens is 376 g/mol. The Bertz CT molecular complexity index is 1210. The van der Waals surface area contributed by atoms with Crippen molar-refractivity contribution in [3.8, 4) is 17.1 Å². The van der Waals surface area contributed by atoms with Crippen LogP contribution in [-0.2, 0) is 4.74 Å². The molecule has 0 aliphatic carbocycles. The third-order valence-electron chi connectivity index (χ3n) is 5.26. The van der Waals surface area contributed by atoms with Gasteiger partial charge in [-0.25, -0.2) is 0 Å². The van der Waals surface area contributed by atoms with Crippen LogP contribution in [0.1, 0.15) is 27.0 Å². The third-order valence-corrected chi connectivity index (χ3v) is 5.26. The van der Waals surface area contributed by atoms with Gasteiger partial charge < -0.3 is 13.9 Å². The van der Waals surface area contributed by atoms with Gasteiger partial charge in [0, 0.05) is 16.5 Å². The molecule has 0 N–H and O–H groups in total. The SMILES string of the molecule is Cc1cc(C)cc(C(=O)c2c(-c3ccc(OCC4CO4)cc3)oc3ccccc23)c1. The molecule has 0 bridgehead atoms. The van der Waals surface area contributed by atoms with Crippen LogP contribution in [0.5, 0.6) is 5.75 Å². The second-order valence-electron chi connectivity index (χ2n) is 7.80. The Kier molecular flexibility index (Phi) is 4.64. The molecule has 5 rings (SSSR count). The summed E-state index contributed by atoms with van der Waals surface area (Å²) < 4.78 is 17.1. The van der Waals surface area contributed by atoms with E-state index in [-0.39, 0.29) is 11.9 Å².